The van der Waals surface area contributed by atoms with Crippen molar-refractivity contribution in [3.63, 3.8) is 0 Å². The lowest BCUT2D eigenvalue weighted by molar-refractivity contribution is -0.119. The van der Waals surface area contributed by atoms with E-state index in [1.54, 1.807) is 60.7 Å². The highest BCUT2D eigenvalue weighted by molar-refractivity contribution is 7.92. The second-order valence-corrected chi connectivity index (χ2v) is 11.5. The number of carbonyl (C=O) groups is 1. The van der Waals surface area contributed by atoms with Crippen LogP contribution in [0.4, 0.5) is 5.69 Å². The maximum Gasteiger partial charge on any atom is 0.264 e. The van der Waals surface area contributed by atoms with Gasteiger partial charge in [0.05, 0.1) is 37.6 Å². The minimum Gasteiger partial charge on any atom is -0.494 e. The lowest BCUT2D eigenvalue weighted by Gasteiger charge is -2.24. The Bertz CT molecular complexity index is 1680. The summed E-state index contributed by atoms with van der Waals surface area (Å²) < 4.78 is 50.4. The molecular weight excluding hydrogens is 606 g/mol. The van der Waals surface area contributed by atoms with E-state index in [9.17, 15) is 13.2 Å². The fourth-order valence-electron chi connectivity index (χ4n) is 4.04. The van der Waals surface area contributed by atoms with Crippen molar-refractivity contribution in [1.29, 1.82) is 0 Å². The number of hydrazone groups is 1. The number of nitrogens with zero attached hydrogens (tertiary/aromatic N) is 2. The van der Waals surface area contributed by atoms with Gasteiger partial charge in [0.15, 0.2) is 11.5 Å². The molecule has 4 rings (SSSR count). The number of hydrogen-bond acceptors (Lipinski definition) is 8. The van der Waals surface area contributed by atoms with E-state index < -0.39 is 22.5 Å². The highest BCUT2D eigenvalue weighted by atomic mass is 35.5. The number of amides is 1. The van der Waals surface area contributed by atoms with E-state index in [2.05, 4.69) is 10.5 Å². The third-order valence-corrected chi connectivity index (χ3v) is 8.29. The maximum absolute atomic E-state index is 13.8. The van der Waals surface area contributed by atoms with Gasteiger partial charge in [0.1, 0.15) is 24.7 Å². The summed E-state index contributed by atoms with van der Waals surface area (Å²) in [5, 5.41) is 4.67. The van der Waals surface area contributed by atoms with Crippen molar-refractivity contribution in [3.8, 4) is 23.0 Å². The van der Waals surface area contributed by atoms with E-state index in [1.165, 1.54) is 38.6 Å². The van der Waals surface area contributed by atoms with Crippen molar-refractivity contribution in [1.82, 2.24) is 5.43 Å². The first kappa shape index (κ1) is 32.2. The fourth-order valence-corrected chi connectivity index (χ4v) is 5.60. The molecule has 0 heterocycles. The average Bonchev–Trinajstić information content (AvgIpc) is 3.04. The molecule has 0 radical (unpaired) electrons. The van der Waals surface area contributed by atoms with Gasteiger partial charge in [0.2, 0.25) is 0 Å². The van der Waals surface area contributed by atoms with Crippen LogP contribution in [0.15, 0.2) is 101 Å². The maximum atomic E-state index is 13.8. The quantitative estimate of drug-likeness (QED) is 0.140. The molecule has 0 saturated heterocycles. The number of anilines is 1. The molecule has 4 aromatic carbocycles. The number of ether oxygens (including phenoxy) is 4. The van der Waals surface area contributed by atoms with E-state index in [0.29, 0.717) is 41.0 Å². The lowest BCUT2D eigenvalue weighted by Crippen LogP contribution is -2.39. The van der Waals surface area contributed by atoms with Crippen molar-refractivity contribution >= 4 is 39.4 Å². The zero-order valence-corrected chi connectivity index (χ0v) is 26.0. The number of halogens is 1. The lowest BCUT2D eigenvalue weighted by atomic mass is 10.2. The van der Waals surface area contributed by atoms with E-state index in [-0.39, 0.29) is 16.3 Å². The van der Waals surface area contributed by atoms with Crippen LogP contribution in [-0.2, 0) is 21.4 Å². The summed E-state index contributed by atoms with van der Waals surface area (Å²) >= 11 is 5.92. The number of carbonyl (C=O) groups excluding carboxylic acids is 1. The van der Waals surface area contributed by atoms with Crippen LogP contribution in [0.25, 0.3) is 0 Å². The topological polar surface area (TPSA) is 116 Å². The zero-order chi connectivity index (χ0) is 31.5. The molecule has 0 atom stereocenters. The van der Waals surface area contributed by atoms with Crippen LogP contribution < -0.4 is 28.7 Å². The number of sulfonamides is 1. The molecule has 0 fully saturated rings. The fraction of sp³-hybridized carbons (Fsp3) is 0.188. The smallest absolute Gasteiger partial charge is 0.264 e. The molecule has 44 heavy (non-hydrogen) atoms. The molecule has 0 aliphatic heterocycles. The van der Waals surface area contributed by atoms with Gasteiger partial charge in [-0.2, -0.15) is 5.10 Å². The largest absolute Gasteiger partial charge is 0.494 e. The molecule has 230 valence electrons. The van der Waals surface area contributed by atoms with E-state index >= 15 is 0 Å². The van der Waals surface area contributed by atoms with Gasteiger partial charge in [0, 0.05) is 11.1 Å². The van der Waals surface area contributed by atoms with Gasteiger partial charge in [-0.1, -0.05) is 23.7 Å². The Morgan fingerprint density at radius 1 is 0.864 bits per heavy atom. The highest BCUT2D eigenvalue weighted by Gasteiger charge is 2.28. The van der Waals surface area contributed by atoms with Crippen LogP contribution in [0.5, 0.6) is 23.0 Å². The summed E-state index contributed by atoms with van der Waals surface area (Å²) in [6.07, 6.45) is 1.45. The van der Waals surface area contributed by atoms with Crippen molar-refractivity contribution in [2.75, 3.05) is 31.7 Å². The SMILES string of the molecule is CCOc1ccc(N(CC(=O)N/N=C\c2ccc(OCc3ccc(Cl)cc3)cc2)S(=O)(=O)c2ccc(OC)c(OC)c2)cc1. The third-order valence-electron chi connectivity index (χ3n) is 6.27. The first-order valence-corrected chi connectivity index (χ1v) is 15.3. The molecular formula is C32H32ClN3O7S. The second-order valence-electron chi connectivity index (χ2n) is 9.23. The second kappa shape index (κ2) is 15.1. The summed E-state index contributed by atoms with van der Waals surface area (Å²) in [6, 6.07) is 25.1. The Morgan fingerprint density at radius 3 is 2.14 bits per heavy atom. The van der Waals surface area contributed by atoms with Gasteiger partial charge in [-0.25, -0.2) is 13.8 Å². The summed E-state index contributed by atoms with van der Waals surface area (Å²) in [6.45, 7) is 2.14. The molecule has 12 heteroatoms. The molecule has 4 aromatic rings. The van der Waals surface area contributed by atoms with Crippen molar-refractivity contribution in [2.24, 2.45) is 5.10 Å². The normalized spacial score (nSPS) is 11.2. The van der Waals surface area contributed by atoms with Crippen LogP contribution in [0, 0.1) is 0 Å². The minimum atomic E-state index is -4.22. The molecule has 0 spiro atoms. The highest BCUT2D eigenvalue weighted by Crippen LogP contribution is 2.32. The Hall–Kier alpha value is -4.74. The molecule has 0 aliphatic carbocycles. The van der Waals surface area contributed by atoms with Crippen molar-refractivity contribution in [3.05, 3.63) is 107 Å². The van der Waals surface area contributed by atoms with Crippen LogP contribution in [0.1, 0.15) is 18.1 Å². The zero-order valence-electron chi connectivity index (χ0n) is 24.4. The van der Waals surface area contributed by atoms with Crippen molar-refractivity contribution < 1.29 is 32.2 Å². The summed E-state index contributed by atoms with van der Waals surface area (Å²) in [5.41, 5.74) is 4.35. The Kier molecular flexibility index (Phi) is 11.1. The summed E-state index contributed by atoms with van der Waals surface area (Å²) in [7, 11) is -1.36. The molecule has 1 amide bonds. The molecule has 0 aromatic heterocycles. The van der Waals surface area contributed by atoms with Gasteiger partial charge in [-0.05, 0) is 90.8 Å². The van der Waals surface area contributed by atoms with Gasteiger partial charge >= 0.3 is 0 Å². The standard InChI is InChI=1S/C32H32ClN3O7S/c1-4-42-27-15-11-26(12-16-27)36(44(38,39)29-17-18-30(40-2)31(19-29)41-3)21-32(37)35-34-20-23-7-13-28(14-8-23)43-22-24-5-9-25(33)10-6-24/h5-20H,4,21-22H2,1-3H3,(H,35,37)/b34-20-. The minimum absolute atomic E-state index is 0.0845. The summed E-state index contributed by atoms with van der Waals surface area (Å²) in [4.78, 5) is 12.9. The average molecular weight is 638 g/mol. The van der Waals surface area contributed by atoms with Gasteiger partial charge in [-0.3, -0.25) is 9.10 Å². The van der Waals surface area contributed by atoms with E-state index in [4.69, 9.17) is 30.5 Å². The van der Waals surface area contributed by atoms with Gasteiger partial charge in [-0.15, -0.1) is 0 Å². The first-order chi connectivity index (χ1) is 21.2. The first-order valence-electron chi connectivity index (χ1n) is 13.5. The predicted octanol–water partition coefficient (Wildman–Crippen LogP) is 5.68. The molecule has 0 unspecified atom stereocenters. The molecule has 1 N–H and O–H groups in total. The monoisotopic (exact) mass is 637 g/mol. The Morgan fingerprint density at radius 2 is 1.50 bits per heavy atom. The number of nitrogens with one attached hydrogen (secondary N) is 1. The molecule has 0 aliphatic rings. The number of hydrogen-bond donors (Lipinski definition) is 1. The molecule has 10 nitrogen and oxygen atoms in total. The van der Waals surface area contributed by atoms with Crippen LogP contribution in [-0.4, -0.2) is 47.9 Å². The van der Waals surface area contributed by atoms with Crippen LogP contribution >= 0.6 is 11.6 Å². The summed E-state index contributed by atoms with van der Waals surface area (Å²) in [5.74, 6) is 1.17. The van der Waals surface area contributed by atoms with Crippen LogP contribution in [0.3, 0.4) is 0 Å². The van der Waals surface area contributed by atoms with Gasteiger partial charge in [0.25, 0.3) is 15.9 Å². The number of rotatable bonds is 14. The van der Waals surface area contributed by atoms with Crippen LogP contribution in [0.2, 0.25) is 5.02 Å². The van der Waals surface area contributed by atoms with Crippen molar-refractivity contribution in [2.45, 2.75) is 18.4 Å². The van der Waals surface area contributed by atoms with E-state index in [1.807, 2.05) is 19.1 Å². The van der Waals surface area contributed by atoms with Gasteiger partial charge < -0.3 is 18.9 Å². The Labute approximate surface area is 261 Å². The number of benzene rings is 4. The predicted molar refractivity (Wildman–Crippen MR) is 170 cm³/mol. The Balaban J connectivity index is 1.46. The number of methoxy groups -OCH3 is 2. The molecule has 0 saturated carbocycles. The third kappa shape index (κ3) is 8.42. The van der Waals surface area contributed by atoms with E-state index in [0.717, 1.165) is 9.87 Å². The molecule has 0 bridgehead atoms.